The van der Waals surface area contributed by atoms with E-state index < -0.39 is 11.5 Å². The molecule has 0 saturated heterocycles. The number of amides is 1. The Morgan fingerprint density at radius 1 is 1.36 bits per heavy atom. The number of pyridine rings is 1. The predicted molar refractivity (Wildman–Crippen MR) is 94.1 cm³/mol. The number of aliphatic hydroxyl groups is 1. The van der Waals surface area contributed by atoms with E-state index in [9.17, 15) is 14.7 Å². The standard InChI is InChI=1S/C17H25N5O3/c1-6-21-11(3)7-10(2)14(16(21)24)15-19-13(8-12(18)23)20-22(15)9-17(4,5)25/h7,25H,6,8-9H2,1-5H3,(H2,18,23). The zero-order chi connectivity index (χ0) is 18.9. The van der Waals surface area contributed by atoms with Gasteiger partial charge in [0, 0.05) is 12.2 Å². The second-order valence-corrected chi connectivity index (χ2v) is 6.86. The molecular formula is C17H25N5O3. The lowest BCUT2D eigenvalue weighted by Gasteiger charge is -2.19. The Bertz CT molecular complexity index is 858. The molecule has 2 aromatic rings. The Morgan fingerprint density at radius 2 is 2.00 bits per heavy atom. The third-order valence-electron chi connectivity index (χ3n) is 3.83. The number of nitrogens with two attached hydrogens (primary N) is 1. The van der Waals surface area contributed by atoms with E-state index in [1.807, 2.05) is 26.8 Å². The van der Waals surface area contributed by atoms with Crippen molar-refractivity contribution < 1.29 is 9.90 Å². The summed E-state index contributed by atoms with van der Waals surface area (Å²) in [4.78, 5) is 28.5. The quantitative estimate of drug-likeness (QED) is 0.791. The summed E-state index contributed by atoms with van der Waals surface area (Å²) in [6.07, 6.45) is -0.126. The van der Waals surface area contributed by atoms with Crippen LogP contribution in [0.1, 0.15) is 37.9 Å². The number of nitrogens with zero attached hydrogens (tertiary/aromatic N) is 4. The molecule has 2 aromatic heterocycles. The summed E-state index contributed by atoms with van der Waals surface area (Å²) < 4.78 is 3.12. The van der Waals surface area contributed by atoms with E-state index in [0.29, 0.717) is 17.9 Å². The van der Waals surface area contributed by atoms with Crippen molar-refractivity contribution >= 4 is 5.91 Å². The first-order chi connectivity index (χ1) is 11.5. The van der Waals surface area contributed by atoms with Gasteiger partial charge in [-0.25, -0.2) is 9.67 Å². The molecule has 2 rings (SSSR count). The molecule has 136 valence electrons. The largest absolute Gasteiger partial charge is 0.389 e. The van der Waals surface area contributed by atoms with Crippen LogP contribution >= 0.6 is 0 Å². The number of rotatable bonds is 6. The van der Waals surface area contributed by atoms with Gasteiger partial charge in [-0.2, -0.15) is 5.10 Å². The number of primary amides is 1. The SMILES string of the molecule is CCn1c(C)cc(C)c(-c2nc(CC(N)=O)nn2CC(C)(C)O)c1=O. The molecule has 0 atom stereocenters. The molecule has 25 heavy (non-hydrogen) atoms. The van der Waals surface area contributed by atoms with Gasteiger partial charge in [-0.05, 0) is 46.2 Å². The first-order valence-corrected chi connectivity index (χ1v) is 8.19. The molecule has 0 aromatic carbocycles. The van der Waals surface area contributed by atoms with Crippen LogP contribution in [0.3, 0.4) is 0 Å². The smallest absolute Gasteiger partial charge is 0.262 e. The monoisotopic (exact) mass is 347 g/mol. The van der Waals surface area contributed by atoms with Crippen LogP contribution < -0.4 is 11.3 Å². The van der Waals surface area contributed by atoms with Crippen molar-refractivity contribution in [2.24, 2.45) is 5.73 Å². The third-order valence-corrected chi connectivity index (χ3v) is 3.83. The van der Waals surface area contributed by atoms with Gasteiger partial charge in [0.05, 0.1) is 24.1 Å². The summed E-state index contributed by atoms with van der Waals surface area (Å²) in [6.45, 7) is 9.55. The lowest BCUT2D eigenvalue weighted by Crippen LogP contribution is -2.29. The van der Waals surface area contributed by atoms with Crippen LogP contribution in [0.5, 0.6) is 0 Å². The molecule has 8 nitrogen and oxygen atoms in total. The van der Waals surface area contributed by atoms with Crippen LogP contribution in [0.4, 0.5) is 0 Å². The normalized spacial score (nSPS) is 11.8. The number of carbonyl (C=O) groups is 1. The van der Waals surface area contributed by atoms with Crippen LogP contribution in [0.2, 0.25) is 0 Å². The first kappa shape index (κ1) is 18.9. The highest BCUT2D eigenvalue weighted by molar-refractivity contribution is 5.75. The average Bonchev–Trinajstić information content (AvgIpc) is 2.77. The van der Waals surface area contributed by atoms with Crippen LogP contribution in [-0.4, -0.2) is 35.9 Å². The van der Waals surface area contributed by atoms with Crippen molar-refractivity contribution in [1.82, 2.24) is 19.3 Å². The maximum absolute atomic E-state index is 12.9. The van der Waals surface area contributed by atoms with Crippen LogP contribution in [-0.2, 0) is 24.3 Å². The Morgan fingerprint density at radius 3 is 2.52 bits per heavy atom. The van der Waals surface area contributed by atoms with E-state index in [1.54, 1.807) is 18.4 Å². The van der Waals surface area contributed by atoms with Gasteiger partial charge >= 0.3 is 0 Å². The Balaban J connectivity index is 2.71. The summed E-state index contributed by atoms with van der Waals surface area (Å²) in [5.41, 5.74) is 6.04. The molecule has 0 fully saturated rings. The number of hydrogen-bond donors (Lipinski definition) is 2. The van der Waals surface area contributed by atoms with Crippen LogP contribution in [0.25, 0.3) is 11.4 Å². The Kier molecular flexibility index (Phi) is 5.12. The van der Waals surface area contributed by atoms with Crippen molar-refractivity contribution in [3.05, 3.63) is 33.5 Å². The average molecular weight is 347 g/mol. The summed E-state index contributed by atoms with van der Waals surface area (Å²) >= 11 is 0. The number of aromatic nitrogens is 4. The topological polar surface area (TPSA) is 116 Å². The van der Waals surface area contributed by atoms with E-state index in [-0.39, 0.29) is 24.3 Å². The highest BCUT2D eigenvalue weighted by Gasteiger charge is 2.23. The fraction of sp³-hybridized carbons (Fsp3) is 0.529. The van der Waals surface area contributed by atoms with E-state index in [0.717, 1.165) is 11.3 Å². The second kappa shape index (κ2) is 6.79. The minimum absolute atomic E-state index is 0.126. The van der Waals surface area contributed by atoms with Gasteiger partial charge in [0.15, 0.2) is 11.6 Å². The number of carbonyl (C=O) groups excluding carboxylic acids is 1. The zero-order valence-electron chi connectivity index (χ0n) is 15.3. The van der Waals surface area contributed by atoms with Crippen molar-refractivity contribution in [1.29, 1.82) is 0 Å². The molecule has 0 aliphatic heterocycles. The van der Waals surface area contributed by atoms with E-state index in [1.165, 1.54) is 4.68 Å². The molecular weight excluding hydrogens is 322 g/mol. The summed E-state index contributed by atoms with van der Waals surface area (Å²) in [5, 5.41) is 14.4. The molecule has 0 aliphatic carbocycles. The molecule has 0 spiro atoms. The summed E-state index contributed by atoms with van der Waals surface area (Å²) in [5.74, 6) is 0.0100. The minimum Gasteiger partial charge on any atom is -0.389 e. The van der Waals surface area contributed by atoms with Gasteiger partial charge in [0.25, 0.3) is 5.56 Å². The van der Waals surface area contributed by atoms with Crippen LogP contribution in [0, 0.1) is 13.8 Å². The molecule has 0 bridgehead atoms. The number of aryl methyl sites for hydroxylation is 2. The molecule has 3 N–H and O–H groups in total. The van der Waals surface area contributed by atoms with Gasteiger partial charge in [0.1, 0.15) is 0 Å². The number of hydrogen-bond acceptors (Lipinski definition) is 5. The molecule has 0 saturated carbocycles. The van der Waals surface area contributed by atoms with Gasteiger partial charge in [-0.3, -0.25) is 9.59 Å². The van der Waals surface area contributed by atoms with Crippen LogP contribution in [0.15, 0.2) is 10.9 Å². The summed E-state index contributed by atoms with van der Waals surface area (Å²) in [6, 6.07) is 1.91. The van der Waals surface area contributed by atoms with E-state index in [4.69, 9.17) is 5.73 Å². The van der Waals surface area contributed by atoms with Crippen molar-refractivity contribution in [2.75, 3.05) is 0 Å². The van der Waals surface area contributed by atoms with Gasteiger partial charge in [-0.1, -0.05) is 0 Å². The maximum atomic E-state index is 12.9. The van der Waals surface area contributed by atoms with Crippen molar-refractivity contribution in [3.8, 4) is 11.4 Å². The fourth-order valence-corrected chi connectivity index (χ4v) is 2.87. The minimum atomic E-state index is -1.06. The maximum Gasteiger partial charge on any atom is 0.262 e. The fourth-order valence-electron chi connectivity index (χ4n) is 2.87. The lowest BCUT2D eigenvalue weighted by molar-refractivity contribution is -0.117. The predicted octanol–water partition coefficient (Wildman–Crippen LogP) is 0.542. The highest BCUT2D eigenvalue weighted by Crippen LogP contribution is 2.21. The van der Waals surface area contributed by atoms with E-state index >= 15 is 0 Å². The molecule has 1 amide bonds. The summed E-state index contributed by atoms with van der Waals surface area (Å²) in [7, 11) is 0. The first-order valence-electron chi connectivity index (χ1n) is 8.19. The Labute approximate surface area is 146 Å². The molecule has 0 aliphatic rings. The zero-order valence-corrected chi connectivity index (χ0v) is 15.3. The second-order valence-electron chi connectivity index (χ2n) is 6.86. The van der Waals surface area contributed by atoms with Gasteiger partial charge in [-0.15, -0.1) is 0 Å². The molecule has 8 heteroatoms. The van der Waals surface area contributed by atoms with E-state index in [2.05, 4.69) is 10.1 Å². The van der Waals surface area contributed by atoms with Crippen molar-refractivity contribution in [2.45, 2.75) is 59.7 Å². The van der Waals surface area contributed by atoms with Gasteiger partial charge in [0.2, 0.25) is 5.91 Å². The molecule has 0 radical (unpaired) electrons. The highest BCUT2D eigenvalue weighted by atomic mass is 16.3. The van der Waals surface area contributed by atoms with Crippen molar-refractivity contribution in [3.63, 3.8) is 0 Å². The van der Waals surface area contributed by atoms with Gasteiger partial charge < -0.3 is 15.4 Å². The molecule has 0 unspecified atom stereocenters. The lowest BCUT2D eigenvalue weighted by atomic mass is 10.1. The Hall–Kier alpha value is -2.48. The third kappa shape index (κ3) is 4.14. The molecule has 2 heterocycles.